The van der Waals surface area contributed by atoms with E-state index in [2.05, 4.69) is 27.3 Å². The minimum atomic E-state index is -0.451. The summed E-state index contributed by atoms with van der Waals surface area (Å²) in [4.78, 5) is 14.0. The number of halogens is 2. The molecule has 0 atom stereocenters. The third-order valence-electron chi connectivity index (χ3n) is 4.11. The van der Waals surface area contributed by atoms with Crippen molar-refractivity contribution in [2.75, 3.05) is 25.5 Å². The molecule has 2 aromatic carbocycles. The van der Waals surface area contributed by atoms with E-state index < -0.39 is 5.82 Å². The van der Waals surface area contributed by atoms with E-state index in [1.54, 1.807) is 4.90 Å². The van der Waals surface area contributed by atoms with Crippen LogP contribution in [0.25, 0.3) is 0 Å². The first kappa shape index (κ1) is 16.8. The lowest BCUT2D eigenvalue weighted by Gasteiger charge is -2.39. The molecule has 0 saturated carbocycles. The molecule has 2 aromatic rings. The monoisotopic (exact) mass is 392 g/mol. The molecule has 126 valence electrons. The van der Waals surface area contributed by atoms with E-state index in [-0.39, 0.29) is 11.8 Å². The molecule has 1 N–H and O–H groups in total. The average molecular weight is 393 g/mol. The fourth-order valence-electron chi connectivity index (χ4n) is 2.78. The van der Waals surface area contributed by atoms with Crippen LogP contribution in [-0.4, -0.2) is 31.1 Å². The zero-order chi connectivity index (χ0) is 17.1. The summed E-state index contributed by atoms with van der Waals surface area (Å²) in [5, 5.41) is 2.77. The van der Waals surface area contributed by atoms with Crippen LogP contribution in [0.15, 0.2) is 46.9 Å². The lowest BCUT2D eigenvalue weighted by Crippen LogP contribution is -2.52. The molecule has 1 heterocycles. The second-order valence-corrected chi connectivity index (χ2v) is 6.70. The van der Waals surface area contributed by atoms with Crippen LogP contribution in [0.5, 0.6) is 5.75 Å². The predicted octanol–water partition coefficient (Wildman–Crippen LogP) is 4.30. The van der Waals surface area contributed by atoms with Gasteiger partial charge in [-0.25, -0.2) is 9.18 Å². The van der Waals surface area contributed by atoms with E-state index >= 15 is 0 Å². The highest BCUT2D eigenvalue weighted by atomic mass is 79.9. The van der Waals surface area contributed by atoms with Crippen LogP contribution in [0.1, 0.15) is 5.56 Å². The van der Waals surface area contributed by atoms with E-state index in [1.807, 2.05) is 18.2 Å². The van der Waals surface area contributed by atoms with Crippen LogP contribution in [0.2, 0.25) is 0 Å². The van der Waals surface area contributed by atoms with Gasteiger partial charge in [0.1, 0.15) is 0 Å². The van der Waals surface area contributed by atoms with Gasteiger partial charge in [0.25, 0.3) is 0 Å². The van der Waals surface area contributed by atoms with Crippen molar-refractivity contribution in [2.24, 2.45) is 5.92 Å². The van der Waals surface area contributed by atoms with Crippen LogP contribution in [0.4, 0.5) is 14.9 Å². The number of likely N-dealkylation sites (tertiary alicyclic amines) is 1. The number of nitrogens with zero attached hydrogens (tertiary/aromatic N) is 1. The number of carbonyl (C=O) groups is 1. The number of ether oxygens (including phenoxy) is 1. The van der Waals surface area contributed by atoms with Crippen molar-refractivity contribution < 1.29 is 13.9 Å². The number of methoxy groups -OCH3 is 1. The topological polar surface area (TPSA) is 41.6 Å². The fourth-order valence-corrected chi connectivity index (χ4v) is 3.23. The summed E-state index contributed by atoms with van der Waals surface area (Å²) in [6, 6.07) is 12.2. The first-order valence-electron chi connectivity index (χ1n) is 7.69. The smallest absolute Gasteiger partial charge is 0.321 e. The minimum Gasteiger partial charge on any atom is -0.494 e. The SMILES string of the molecule is COc1cc(NC(=O)N2CC(Cc3ccccc3Br)C2)ccc1F. The second-order valence-electron chi connectivity index (χ2n) is 5.85. The Balaban J connectivity index is 1.52. The summed E-state index contributed by atoms with van der Waals surface area (Å²) in [5.41, 5.74) is 1.78. The number of benzene rings is 2. The van der Waals surface area contributed by atoms with E-state index in [0.29, 0.717) is 24.7 Å². The minimum absolute atomic E-state index is 0.114. The van der Waals surface area contributed by atoms with Crippen molar-refractivity contribution >= 4 is 27.6 Å². The highest BCUT2D eigenvalue weighted by Crippen LogP contribution is 2.26. The Labute approximate surface area is 148 Å². The van der Waals surface area contributed by atoms with E-state index in [0.717, 1.165) is 10.9 Å². The summed E-state index contributed by atoms with van der Waals surface area (Å²) >= 11 is 3.55. The molecule has 0 unspecified atom stereocenters. The van der Waals surface area contributed by atoms with Crippen molar-refractivity contribution in [3.05, 3.63) is 58.3 Å². The van der Waals surface area contributed by atoms with Gasteiger partial charge in [0, 0.05) is 29.3 Å². The molecule has 0 aliphatic carbocycles. The zero-order valence-corrected chi connectivity index (χ0v) is 14.8. The van der Waals surface area contributed by atoms with Crippen LogP contribution in [0, 0.1) is 11.7 Å². The Morgan fingerprint density at radius 2 is 2.08 bits per heavy atom. The Bertz CT molecular complexity index is 748. The number of carbonyl (C=O) groups excluding carboxylic acids is 1. The lowest BCUT2D eigenvalue weighted by atomic mass is 9.92. The van der Waals surface area contributed by atoms with Gasteiger partial charge in [-0.3, -0.25) is 0 Å². The molecular formula is C18H18BrFN2O2. The van der Waals surface area contributed by atoms with Crippen molar-refractivity contribution in [3.8, 4) is 5.75 Å². The molecule has 6 heteroatoms. The molecule has 24 heavy (non-hydrogen) atoms. The number of amides is 2. The number of hydrogen-bond acceptors (Lipinski definition) is 2. The normalized spacial score (nSPS) is 14.2. The summed E-state index contributed by atoms with van der Waals surface area (Å²) in [5.74, 6) is 0.119. The molecule has 0 radical (unpaired) electrons. The maximum atomic E-state index is 13.4. The van der Waals surface area contributed by atoms with Gasteiger partial charge < -0.3 is 15.0 Å². The van der Waals surface area contributed by atoms with Gasteiger partial charge in [-0.15, -0.1) is 0 Å². The van der Waals surface area contributed by atoms with Gasteiger partial charge in [0.05, 0.1) is 7.11 Å². The van der Waals surface area contributed by atoms with Crippen molar-refractivity contribution in [2.45, 2.75) is 6.42 Å². The van der Waals surface area contributed by atoms with Gasteiger partial charge in [0.15, 0.2) is 11.6 Å². The first-order valence-corrected chi connectivity index (χ1v) is 8.49. The molecule has 2 amide bonds. The zero-order valence-electron chi connectivity index (χ0n) is 13.3. The second kappa shape index (κ2) is 7.21. The fraction of sp³-hybridized carbons (Fsp3) is 0.278. The summed E-state index contributed by atoms with van der Waals surface area (Å²) in [7, 11) is 1.39. The van der Waals surface area contributed by atoms with Gasteiger partial charge >= 0.3 is 6.03 Å². The number of nitrogens with one attached hydrogen (secondary N) is 1. The Morgan fingerprint density at radius 3 is 2.79 bits per heavy atom. The van der Waals surface area contributed by atoms with Crippen molar-refractivity contribution in [3.63, 3.8) is 0 Å². The third-order valence-corrected chi connectivity index (χ3v) is 4.89. The molecular weight excluding hydrogens is 375 g/mol. The standard InChI is InChI=1S/C18H18BrFN2O2/c1-24-17-9-14(6-7-16(17)20)21-18(23)22-10-12(11-22)8-13-4-2-3-5-15(13)19/h2-7,9,12H,8,10-11H2,1H3,(H,21,23). The molecule has 3 rings (SSSR count). The molecule has 0 spiro atoms. The maximum Gasteiger partial charge on any atom is 0.321 e. The molecule has 1 aliphatic rings. The number of rotatable bonds is 4. The highest BCUT2D eigenvalue weighted by molar-refractivity contribution is 9.10. The van der Waals surface area contributed by atoms with Crippen LogP contribution < -0.4 is 10.1 Å². The predicted molar refractivity (Wildman–Crippen MR) is 94.9 cm³/mol. The lowest BCUT2D eigenvalue weighted by molar-refractivity contribution is 0.131. The Kier molecular flexibility index (Phi) is 5.04. The summed E-state index contributed by atoms with van der Waals surface area (Å²) in [6.45, 7) is 1.43. The van der Waals surface area contributed by atoms with Crippen LogP contribution in [0.3, 0.4) is 0 Å². The Hall–Kier alpha value is -2.08. The van der Waals surface area contributed by atoms with Crippen molar-refractivity contribution in [1.29, 1.82) is 0 Å². The number of urea groups is 1. The number of anilines is 1. The van der Waals surface area contributed by atoms with Gasteiger partial charge in [0.2, 0.25) is 0 Å². The molecule has 1 aliphatic heterocycles. The summed E-state index contributed by atoms with van der Waals surface area (Å²) < 4.78 is 19.4. The average Bonchev–Trinajstić information content (AvgIpc) is 2.53. The molecule has 1 fully saturated rings. The van der Waals surface area contributed by atoms with E-state index in [9.17, 15) is 9.18 Å². The van der Waals surface area contributed by atoms with E-state index in [4.69, 9.17) is 4.74 Å². The van der Waals surface area contributed by atoms with Crippen LogP contribution in [-0.2, 0) is 6.42 Å². The Morgan fingerprint density at radius 1 is 1.33 bits per heavy atom. The highest BCUT2D eigenvalue weighted by Gasteiger charge is 2.31. The first-order chi connectivity index (χ1) is 11.6. The van der Waals surface area contributed by atoms with Gasteiger partial charge in [-0.05, 0) is 36.1 Å². The van der Waals surface area contributed by atoms with E-state index in [1.165, 1.54) is 30.9 Å². The third kappa shape index (κ3) is 3.70. The van der Waals surface area contributed by atoms with Crippen LogP contribution >= 0.6 is 15.9 Å². The van der Waals surface area contributed by atoms with Crippen molar-refractivity contribution in [1.82, 2.24) is 4.90 Å². The number of hydrogen-bond donors (Lipinski definition) is 1. The molecule has 1 saturated heterocycles. The molecule has 0 bridgehead atoms. The maximum absolute atomic E-state index is 13.4. The molecule has 0 aromatic heterocycles. The van der Waals surface area contributed by atoms with Gasteiger partial charge in [-0.2, -0.15) is 0 Å². The largest absolute Gasteiger partial charge is 0.494 e. The summed E-state index contributed by atoms with van der Waals surface area (Å²) in [6.07, 6.45) is 0.940. The molecule has 4 nitrogen and oxygen atoms in total. The quantitative estimate of drug-likeness (QED) is 0.842. The van der Waals surface area contributed by atoms with Gasteiger partial charge in [-0.1, -0.05) is 34.1 Å².